The molecule has 0 saturated carbocycles. The standard InChI is InChI=1S/C16H21N3O/c1-11(2)16(8-9-17-10-16)15-18-14(19-20-15)13-7-5-4-6-12(13)3/h4-7,11,17H,8-10H2,1-3H3. The maximum absolute atomic E-state index is 5.62. The third-order valence-electron chi connectivity index (χ3n) is 4.53. The Morgan fingerprint density at radius 3 is 2.75 bits per heavy atom. The molecule has 0 aliphatic carbocycles. The highest BCUT2D eigenvalue weighted by Gasteiger charge is 2.43. The van der Waals surface area contributed by atoms with Gasteiger partial charge in [0.25, 0.3) is 0 Å². The summed E-state index contributed by atoms with van der Waals surface area (Å²) >= 11 is 0. The number of nitrogens with zero attached hydrogens (tertiary/aromatic N) is 2. The lowest BCUT2D eigenvalue weighted by molar-refractivity contribution is 0.234. The van der Waals surface area contributed by atoms with Crippen molar-refractivity contribution in [2.75, 3.05) is 13.1 Å². The summed E-state index contributed by atoms with van der Waals surface area (Å²) in [4.78, 5) is 4.70. The largest absolute Gasteiger partial charge is 0.338 e. The van der Waals surface area contributed by atoms with Crippen molar-refractivity contribution >= 4 is 0 Å². The summed E-state index contributed by atoms with van der Waals surface area (Å²) in [5, 5.41) is 7.63. The number of aromatic nitrogens is 2. The zero-order chi connectivity index (χ0) is 14.2. The molecule has 1 fully saturated rings. The lowest BCUT2D eigenvalue weighted by Gasteiger charge is -2.28. The first-order valence-electron chi connectivity index (χ1n) is 7.24. The summed E-state index contributed by atoms with van der Waals surface area (Å²) in [7, 11) is 0. The number of hydrogen-bond acceptors (Lipinski definition) is 4. The molecule has 2 aromatic rings. The average molecular weight is 271 g/mol. The summed E-state index contributed by atoms with van der Waals surface area (Å²) in [6, 6.07) is 8.14. The maximum atomic E-state index is 5.62. The minimum atomic E-state index is -0.0199. The molecule has 4 heteroatoms. The molecule has 2 heterocycles. The van der Waals surface area contributed by atoms with Gasteiger partial charge >= 0.3 is 0 Å². The molecule has 1 N–H and O–H groups in total. The maximum Gasteiger partial charge on any atom is 0.234 e. The first-order valence-corrected chi connectivity index (χ1v) is 7.24. The number of nitrogens with one attached hydrogen (secondary N) is 1. The molecule has 4 nitrogen and oxygen atoms in total. The fourth-order valence-corrected chi connectivity index (χ4v) is 2.99. The van der Waals surface area contributed by atoms with Crippen LogP contribution in [0.1, 0.15) is 31.7 Å². The van der Waals surface area contributed by atoms with Crippen LogP contribution in [0.25, 0.3) is 11.4 Å². The van der Waals surface area contributed by atoms with E-state index in [0.29, 0.717) is 11.7 Å². The van der Waals surface area contributed by atoms with E-state index in [9.17, 15) is 0 Å². The van der Waals surface area contributed by atoms with Crippen LogP contribution < -0.4 is 5.32 Å². The number of rotatable bonds is 3. The van der Waals surface area contributed by atoms with Crippen LogP contribution in [0.15, 0.2) is 28.8 Å². The lowest BCUT2D eigenvalue weighted by atomic mass is 9.76. The summed E-state index contributed by atoms with van der Waals surface area (Å²) in [6.07, 6.45) is 1.06. The first-order chi connectivity index (χ1) is 9.63. The second-order valence-corrected chi connectivity index (χ2v) is 5.98. The fraction of sp³-hybridized carbons (Fsp3) is 0.500. The molecule has 1 unspecified atom stereocenters. The van der Waals surface area contributed by atoms with E-state index >= 15 is 0 Å². The quantitative estimate of drug-likeness (QED) is 0.932. The Morgan fingerprint density at radius 1 is 1.30 bits per heavy atom. The molecule has 1 aromatic carbocycles. The lowest BCUT2D eigenvalue weighted by Crippen LogP contribution is -2.35. The molecule has 0 amide bonds. The molecule has 0 spiro atoms. The van der Waals surface area contributed by atoms with Crippen molar-refractivity contribution in [2.45, 2.75) is 32.6 Å². The minimum Gasteiger partial charge on any atom is -0.338 e. The van der Waals surface area contributed by atoms with E-state index in [2.05, 4.69) is 37.3 Å². The van der Waals surface area contributed by atoms with Crippen molar-refractivity contribution in [3.63, 3.8) is 0 Å². The van der Waals surface area contributed by atoms with Crippen molar-refractivity contribution in [3.05, 3.63) is 35.7 Å². The predicted octanol–water partition coefficient (Wildman–Crippen LogP) is 2.93. The van der Waals surface area contributed by atoms with Gasteiger partial charge in [-0.2, -0.15) is 4.98 Å². The Balaban J connectivity index is 2.00. The van der Waals surface area contributed by atoms with Crippen LogP contribution in [0.2, 0.25) is 0 Å². The average Bonchev–Trinajstić information content (AvgIpc) is 3.09. The first kappa shape index (κ1) is 13.3. The molecule has 1 aromatic heterocycles. The van der Waals surface area contributed by atoms with Crippen molar-refractivity contribution in [3.8, 4) is 11.4 Å². The van der Waals surface area contributed by atoms with E-state index in [0.717, 1.165) is 31.0 Å². The van der Waals surface area contributed by atoms with Crippen molar-refractivity contribution in [1.82, 2.24) is 15.5 Å². The van der Waals surface area contributed by atoms with Crippen molar-refractivity contribution in [1.29, 1.82) is 0 Å². The molecule has 3 rings (SSSR count). The van der Waals surface area contributed by atoms with Crippen molar-refractivity contribution in [2.24, 2.45) is 5.92 Å². The third-order valence-corrected chi connectivity index (χ3v) is 4.53. The fourth-order valence-electron chi connectivity index (χ4n) is 2.99. The van der Waals surface area contributed by atoms with Gasteiger partial charge in [0.15, 0.2) is 0 Å². The molecule has 0 radical (unpaired) electrons. The van der Waals surface area contributed by atoms with Crippen LogP contribution in [-0.4, -0.2) is 23.2 Å². The van der Waals surface area contributed by atoms with Crippen LogP contribution in [0.5, 0.6) is 0 Å². The van der Waals surface area contributed by atoms with Gasteiger partial charge in [-0.25, -0.2) is 0 Å². The molecular weight excluding hydrogens is 250 g/mol. The zero-order valence-electron chi connectivity index (χ0n) is 12.3. The second kappa shape index (κ2) is 5.02. The molecule has 1 atom stereocenters. The van der Waals surface area contributed by atoms with Gasteiger partial charge in [-0.05, 0) is 31.4 Å². The zero-order valence-corrected chi connectivity index (χ0v) is 12.3. The Morgan fingerprint density at radius 2 is 2.10 bits per heavy atom. The number of benzene rings is 1. The molecule has 1 aliphatic heterocycles. The Kier molecular flexibility index (Phi) is 3.34. The minimum absolute atomic E-state index is 0.0199. The third kappa shape index (κ3) is 2.04. The van der Waals surface area contributed by atoms with E-state index in [1.165, 1.54) is 5.56 Å². The number of hydrogen-bond donors (Lipinski definition) is 1. The van der Waals surface area contributed by atoms with Crippen molar-refractivity contribution < 1.29 is 4.52 Å². The van der Waals surface area contributed by atoms with Gasteiger partial charge in [0.05, 0.1) is 5.41 Å². The van der Waals surface area contributed by atoms with Gasteiger partial charge < -0.3 is 9.84 Å². The van der Waals surface area contributed by atoms with E-state index in [-0.39, 0.29) is 5.41 Å². The molecule has 1 aliphatic rings. The van der Waals surface area contributed by atoms with Gasteiger partial charge in [-0.3, -0.25) is 0 Å². The van der Waals surface area contributed by atoms with E-state index in [1.807, 2.05) is 18.2 Å². The number of aryl methyl sites for hydroxylation is 1. The Bertz CT molecular complexity index is 597. The van der Waals surface area contributed by atoms with E-state index in [1.54, 1.807) is 0 Å². The van der Waals surface area contributed by atoms with Gasteiger partial charge in [-0.15, -0.1) is 0 Å². The van der Waals surface area contributed by atoms with Gasteiger partial charge in [-0.1, -0.05) is 43.3 Å². The second-order valence-electron chi connectivity index (χ2n) is 5.98. The highest BCUT2D eigenvalue weighted by atomic mass is 16.5. The van der Waals surface area contributed by atoms with Gasteiger partial charge in [0.2, 0.25) is 11.7 Å². The normalized spacial score (nSPS) is 22.6. The van der Waals surface area contributed by atoms with Crippen LogP contribution in [0, 0.1) is 12.8 Å². The SMILES string of the molecule is Cc1ccccc1-c1noc(C2(C(C)C)CCNC2)n1. The Hall–Kier alpha value is -1.68. The predicted molar refractivity (Wildman–Crippen MR) is 78.5 cm³/mol. The topological polar surface area (TPSA) is 51.0 Å². The van der Waals surface area contributed by atoms with E-state index < -0.39 is 0 Å². The highest BCUT2D eigenvalue weighted by molar-refractivity contribution is 5.59. The van der Waals surface area contributed by atoms with Crippen LogP contribution in [0.4, 0.5) is 0 Å². The summed E-state index contributed by atoms with van der Waals surface area (Å²) in [6.45, 7) is 8.45. The summed E-state index contributed by atoms with van der Waals surface area (Å²) in [5.41, 5.74) is 2.20. The molecule has 20 heavy (non-hydrogen) atoms. The molecular formula is C16H21N3O. The smallest absolute Gasteiger partial charge is 0.234 e. The molecule has 1 saturated heterocycles. The van der Waals surface area contributed by atoms with E-state index in [4.69, 9.17) is 9.51 Å². The highest BCUT2D eigenvalue weighted by Crippen LogP contribution is 2.37. The molecule has 0 bridgehead atoms. The van der Waals surface area contributed by atoms with Gasteiger partial charge in [0, 0.05) is 12.1 Å². The molecule has 106 valence electrons. The summed E-state index contributed by atoms with van der Waals surface area (Å²) in [5.74, 6) is 1.95. The Labute approximate surface area is 119 Å². The monoisotopic (exact) mass is 271 g/mol. The van der Waals surface area contributed by atoms with Crippen LogP contribution >= 0.6 is 0 Å². The van der Waals surface area contributed by atoms with Crippen LogP contribution in [0.3, 0.4) is 0 Å². The summed E-state index contributed by atoms with van der Waals surface area (Å²) < 4.78 is 5.62. The van der Waals surface area contributed by atoms with Crippen LogP contribution in [-0.2, 0) is 5.41 Å². The van der Waals surface area contributed by atoms with Gasteiger partial charge in [0.1, 0.15) is 0 Å².